The third-order valence-corrected chi connectivity index (χ3v) is 2.92. The minimum absolute atomic E-state index is 0.0253. The molecule has 0 saturated heterocycles. The van der Waals surface area contributed by atoms with E-state index in [4.69, 9.17) is 5.11 Å². The van der Waals surface area contributed by atoms with Crippen LogP contribution in [0.15, 0.2) is 24.3 Å². The summed E-state index contributed by atoms with van der Waals surface area (Å²) < 4.78 is 0. The normalized spacial score (nSPS) is 12.5. The Hall–Kier alpha value is -1.35. The van der Waals surface area contributed by atoms with E-state index in [1.807, 2.05) is 6.07 Å². The van der Waals surface area contributed by atoms with Crippen molar-refractivity contribution in [1.82, 2.24) is 5.32 Å². The fourth-order valence-electron chi connectivity index (χ4n) is 2.54. The molecular weight excluding hydrogens is 238 g/mol. The number of nitrogens with one attached hydrogen (secondary N) is 1. The molecule has 0 radical (unpaired) electrons. The molecule has 0 aliphatic rings. The number of carboxylic acid groups (broad SMARTS) is 1. The lowest BCUT2D eigenvalue weighted by Gasteiger charge is -2.33. The molecule has 0 spiro atoms. The second-order valence-corrected chi connectivity index (χ2v) is 6.98. The largest absolute Gasteiger partial charge is 0.478 e. The number of hydrogen-bond acceptors (Lipinski definition) is 2. The predicted molar refractivity (Wildman–Crippen MR) is 78.4 cm³/mol. The van der Waals surface area contributed by atoms with Crippen LogP contribution in [0.4, 0.5) is 0 Å². The van der Waals surface area contributed by atoms with E-state index in [-0.39, 0.29) is 11.0 Å². The van der Waals surface area contributed by atoms with E-state index in [9.17, 15) is 4.79 Å². The molecule has 3 heteroatoms. The first-order chi connectivity index (χ1) is 8.59. The highest BCUT2D eigenvalue weighted by molar-refractivity contribution is 5.87. The summed E-state index contributed by atoms with van der Waals surface area (Å²) in [5, 5.41) is 12.5. The monoisotopic (exact) mass is 263 g/mol. The van der Waals surface area contributed by atoms with Crippen LogP contribution in [0.25, 0.3) is 0 Å². The van der Waals surface area contributed by atoms with Crippen molar-refractivity contribution in [2.45, 2.75) is 53.1 Å². The highest BCUT2D eigenvalue weighted by atomic mass is 16.4. The van der Waals surface area contributed by atoms with Crippen LogP contribution < -0.4 is 5.32 Å². The first kappa shape index (κ1) is 15.7. The maximum atomic E-state index is 10.9. The minimum atomic E-state index is -0.879. The van der Waals surface area contributed by atoms with Crippen molar-refractivity contribution < 1.29 is 9.90 Å². The van der Waals surface area contributed by atoms with Crippen molar-refractivity contribution in [3.8, 4) is 0 Å². The van der Waals surface area contributed by atoms with Gasteiger partial charge in [-0.3, -0.25) is 0 Å². The summed E-state index contributed by atoms with van der Waals surface area (Å²) in [5.74, 6) is -0.879. The Bertz CT molecular complexity index is 444. The van der Waals surface area contributed by atoms with Crippen LogP contribution in [0.5, 0.6) is 0 Å². The zero-order valence-corrected chi connectivity index (χ0v) is 12.6. The van der Waals surface area contributed by atoms with Crippen LogP contribution in [0, 0.1) is 5.41 Å². The maximum Gasteiger partial charge on any atom is 0.335 e. The van der Waals surface area contributed by atoms with Gasteiger partial charge in [0.25, 0.3) is 0 Å². The Morgan fingerprint density at radius 3 is 2.37 bits per heavy atom. The molecule has 19 heavy (non-hydrogen) atoms. The van der Waals surface area contributed by atoms with Gasteiger partial charge in [-0.15, -0.1) is 0 Å². The van der Waals surface area contributed by atoms with Gasteiger partial charge in [-0.1, -0.05) is 32.9 Å². The number of carboxylic acids is 1. The lowest BCUT2D eigenvalue weighted by Crippen LogP contribution is -2.41. The molecule has 1 aromatic rings. The molecule has 0 heterocycles. The molecule has 0 bridgehead atoms. The predicted octanol–water partition coefficient (Wildman–Crippen LogP) is 3.69. The number of hydrogen-bond donors (Lipinski definition) is 2. The second-order valence-electron chi connectivity index (χ2n) is 6.98. The van der Waals surface area contributed by atoms with E-state index in [0.29, 0.717) is 12.1 Å². The molecular formula is C16H25NO2. The lowest BCUT2D eigenvalue weighted by molar-refractivity contribution is 0.0696. The topological polar surface area (TPSA) is 49.3 Å². The summed E-state index contributed by atoms with van der Waals surface area (Å²) in [6.07, 6.45) is 1.05. The molecule has 0 atom stereocenters. The average molecular weight is 263 g/mol. The smallest absolute Gasteiger partial charge is 0.335 e. The first-order valence-corrected chi connectivity index (χ1v) is 6.66. The highest BCUT2D eigenvalue weighted by Gasteiger charge is 2.24. The summed E-state index contributed by atoms with van der Waals surface area (Å²) in [4.78, 5) is 10.9. The van der Waals surface area contributed by atoms with E-state index in [0.717, 1.165) is 12.0 Å². The third-order valence-electron chi connectivity index (χ3n) is 2.92. The van der Waals surface area contributed by atoms with E-state index >= 15 is 0 Å². The molecule has 2 N–H and O–H groups in total. The van der Waals surface area contributed by atoms with Crippen molar-refractivity contribution in [3.05, 3.63) is 35.4 Å². The number of rotatable bonds is 5. The average Bonchev–Trinajstić information content (AvgIpc) is 2.24. The van der Waals surface area contributed by atoms with Crippen molar-refractivity contribution in [2.24, 2.45) is 5.41 Å². The first-order valence-electron chi connectivity index (χ1n) is 6.66. The summed E-state index contributed by atoms with van der Waals surface area (Å²) >= 11 is 0. The van der Waals surface area contributed by atoms with Gasteiger partial charge in [0.15, 0.2) is 0 Å². The Morgan fingerprint density at radius 2 is 1.84 bits per heavy atom. The Morgan fingerprint density at radius 1 is 1.21 bits per heavy atom. The van der Waals surface area contributed by atoms with Gasteiger partial charge in [0.05, 0.1) is 5.56 Å². The fourth-order valence-corrected chi connectivity index (χ4v) is 2.54. The van der Waals surface area contributed by atoms with Crippen LogP contribution >= 0.6 is 0 Å². The van der Waals surface area contributed by atoms with E-state index in [1.54, 1.807) is 18.2 Å². The molecule has 0 aromatic heterocycles. The molecule has 3 nitrogen and oxygen atoms in total. The standard InChI is InChI=1S/C16H25NO2/c1-15(2,3)11-16(4,5)17-10-12-7-6-8-13(9-12)14(18)19/h6-9,17H,10-11H2,1-5H3,(H,18,19). The van der Waals surface area contributed by atoms with Gasteiger partial charge in [-0.25, -0.2) is 4.79 Å². The van der Waals surface area contributed by atoms with Gasteiger partial charge in [0.2, 0.25) is 0 Å². The van der Waals surface area contributed by atoms with Gasteiger partial charge >= 0.3 is 5.97 Å². The lowest BCUT2D eigenvalue weighted by atomic mass is 9.82. The van der Waals surface area contributed by atoms with Crippen molar-refractivity contribution >= 4 is 5.97 Å². The zero-order chi connectivity index (χ0) is 14.7. The molecule has 106 valence electrons. The summed E-state index contributed by atoms with van der Waals surface area (Å²) in [7, 11) is 0. The van der Waals surface area contributed by atoms with Crippen LogP contribution in [-0.4, -0.2) is 16.6 Å². The SMILES string of the molecule is CC(C)(C)CC(C)(C)NCc1cccc(C(=O)O)c1. The molecule has 0 aliphatic carbocycles. The van der Waals surface area contributed by atoms with Gasteiger partial charge in [0.1, 0.15) is 0 Å². The molecule has 0 amide bonds. The second kappa shape index (κ2) is 5.74. The highest BCUT2D eigenvalue weighted by Crippen LogP contribution is 2.27. The third kappa shape index (κ3) is 5.88. The van der Waals surface area contributed by atoms with E-state index in [2.05, 4.69) is 39.9 Å². The van der Waals surface area contributed by atoms with Gasteiger partial charge in [-0.05, 0) is 43.4 Å². The fraction of sp³-hybridized carbons (Fsp3) is 0.562. The van der Waals surface area contributed by atoms with Gasteiger partial charge in [-0.2, -0.15) is 0 Å². The number of carbonyl (C=O) groups is 1. The van der Waals surface area contributed by atoms with E-state index in [1.165, 1.54) is 0 Å². The van der Waals surface area contributed by atoms with Gasteiger partial charge in [0, 0.05) is 12.1 Å². The summed E-state index contributed by atoms with van der Waals surface area (Å²) in [6.45, 7) is 11.7. The molecule has 1 aromatic carbocycles. The summed E-state index contributed by atoms with van der Waals surface area (Å²) in [5.41, 5.74) is 1.63. The molecule has 0 fully saturated rings. The Balaban J connectivity index is 2.66. The van der Waals surface area contributed by atoms with Crippen molar-refractivity contribution in [1.29, 1.82) is 0 Å². The maximum absolute atomic E-state index is 10.9. The minimum Gasteiger partial charge on any atom is -0.478 e. The van der Waals surface area contributed by atoms with Crippen LogP contribution in [-0.2, 0) is 6.54 Å². The quantitative estimate of drug-likeness (QED) is 0.851. The summed E-state index contributed by atoms with van der Waals surface area (Å²) in [6, 6.07) is 7.08. The number of benzene rings is 1. The van der Waals surface area contributed by atoms with Crippen LogP contribution in [0.2, 0.25) is 0 Å². The van der Waals surface area contributed by atoms with Crippen LogP contribution in [0.3, 0.4) is 0 Å². The zero-order valence-electron chi connectivity index (χ0n) is 12.6. The molecule has 0 unspecified atom stereocenters. The molecule has 1 rings (SSSR count). The Labute approximate surface area is 116 Å². The molecule has 0 saturated carbocycles. The number of aromatic carboxylic acids is 1. The Kier molecular flexibility index (Phi) is 4.75. The van der Waals surface area contributed by atoms with Gasteiger partial charge < -0.3 is 10.4 Å². The van der Waals surface area contributed by atoms with Crippen molar-refractivity contribution in [2.75, 3.05) is 0 Å². The molecule has 0 aliphatic heterocycles. The van der Waals surface area contributed by atoms with E-state index < -0.39 is 5.97 Å². The van der Waals surface area contributed by atoms with Crippen LogP contribution in [0.1, 0.15) is 57.0 Å². The van der Waals surface area contributed by atoms with Crippen molar-refractivity contribution in [3.63, 3.8) is 0 Å².